The number of amidine groups is 1. The second-order valence-corrected chi connectivity index (χ2v) is 4.95. The molecular weight excluding hydrogens is 172 g/mol. The van der Waals surface area contributed by atoms with Crippen LogP contribution < -0.4 is 0 Å². The third-order valence-corrected chi connectivity index (χ3v) is 3.91. The smallest absolute Gasteiger partial charge is 0.0992 e. The van der Waals surface area contributed by atoms with Crippen LogP contribution >= 0.6 is 0 Å². The number of nitrogens with one attached hydrogen (secondary N) is 1. The summed E-state index contributed by atoms with van der Waals surface area (Å²) in [6, 6.07) is 0. The van der Waals surface area contributed by atoms with Crippen LogP contribution in [0.2, 0.25) is 0 Å². The van der Waals surface area contributed by atoms with E-state index >= 15 is 0 Å². The van der Waals surface area contributed by atoms with Gasteiger partial charge in [0.05, 0.1) is 5.84 Å². The standard InChI is InChI=1S/C12H22N2/c1-10-6-2-3-7-11(10)12(13)14-8-4-5-9-14/h10-11,13H,2-9H2,1H3. The molecule has 1 saturated carbocycles. The minimum absolute atomic E-state index is 0.571. The predicted molar refractivity (Wildman–Crippen MR) is 59.7 cm³/mol. The van der Waals surface area contributed by atoms with Crippen molar-refractivity contribution in [3.63, 3.8) is 0 Å². The van der Waals surface area contributed by atoms with Gasteiger partial charge in [0.15, 0.2) is 0 Å². The van der Waals surface area contributed by atoms with Gasteiger partial charge in [-0.3, -0.25) is 5.41 Å². The Bertz CT molecular complexity index is 206. The largest absolute Gasteiger partial charge is 0.360 e. The van der Waals surface area contributed by atoms with E-state index in [1.165, 1.54) is 38.5 Å². The molecule has 0 bridgehead atoms. The molecule has 1 heterocycles. The van der Waals surface area contributed by atoms with Crippen molar-refractivity contribution < 1.29 is 0 Å². The highest BCUT2D eigenvalue weighted by Crippen LogP contribution is 2.31. The SMILES string of the molecule is CC1CCCCC1C(=N)N1CCCC1. The van der Waals surface area contributed by atoms with E-state index in [4.69, 9.17) is 5.41 Å². The number of likely N-dealkylation sites (tertiary alicyclic amines) is 1. The van der Waals surface area contributed by atoms with Crippen molar-refractivity contribution in [2.45, 2.75) is 45.4 Å². The van der Waals surface area contributed by atoms with Crippen LogP contribution in [-0.2, 0) is 0 Å². The lowest BCUT2D eigenvalue weighted by atomic mass is 9.79. The van der Waals surface area contributed by atoms with E-state index in [1.54, 1.807) is 0 Å². The van der Waals surface area contributed by atoms with Crippen LogP contribution in [0, 0.1) is 17.2 Å². The van der Waals surface area contributed by atoms with Crippen molar-refractivity contribution in [2.75, 3.05) is 13.1 Å². The second-order valence-electron chi connectivity index (χ2n) is 4.95. The highest BCUT2D eigenvalue weighted by molar-refractivity contribution is 5.82. The summed E-state index contributed by atoms with van der Waals surface area (Å²) in [6.45, 7) is 4.61. The molecule has 0 radical (unpaired) electrons. The number of nitrogens with zero attached hydrogens (tertiary/aromatic N) is 1. The predicted octanol–water partition coefficient (Wildman–Crippen LogP) is 2.89. The summed E-state index contributed by atoms with van der Waals surface area (Å²) in [6.07, 6.45) is 7.90. The normalized spacial score (nSPS) is 33.4. The zero-order chi connectivity index (χ0) is 9.97. The van der Waals surface area contributed by atoms with E-state index in [-0.39, 0.29) is 0 Å². The molecule has 2 fully saturated rings. The topological polar surface area (TPSA) is 27.1 Å². The van der Waals surface area contributed by atoms with E-state index in [9.17, 15) is 0 Å². The van der Waals surface area contributed by atoms with E-state index in [0.29, 0.717) is 5.92 Å². The molecule has 0 aromatic rings. The van der Waals surface area contributed by atoms with Crippen LogP contribution in [0.15, 0.2) is 0 Å². The van der Waals surface area contributed by atoms with Crippen molar-refractivity contribution in [3.8, 4) is 0 Å². The molecule has 0 amide bonds. The molecule has 2 aliphatic rings. The first kappa shape index (κ1) is 10.0. The van der Waals surface area contributed by atoms with Crippen LogP contribution in [0.3, 0.4) is 0 Å². The Kier molecular flexibility index (Phi) is 3.09. The van der Waals surface area contributed by atoms with Crippen LogP contribution in [0.25, 0.3) is 0 Å². The Morgan fingerprint density at radius 2 is 1.71 bits per heavy atom. The maximum absolute atomic E-state index is 8.24. The molecular formula is C12H22N2. The lowest BCUT2D eigenvalue weighted by Crippen LogP contribution is -2.37. The highest BCUT2D eigenvalue weighted by Gasteiger charge is 2.29. The fourth-order valence-electron chi connectivity index (χ4n) is 2.92. The molecule has 80 valence electrons. The molecule has 2 unspecified atom stereocenters. The second kappa shape index (κ2) is 4.33. The van der Waals surface area contributed by atoms with Crippen LogP contribution in [0.1, 0.15) is 45.4 Å². The Labute approximate surface area is 87.2 Å². The summed E-state index contributed by atoms with van der Waals surface area (Å²) in [7, 11) is 0. The maximum atomic E-state index is 8.24. The molecule has 2 atom stereocenters. The Hall–Kier alpha value is -0.530. The van der Waals surface area contributed by atoms with Crippen LogP contribution in [0.5, 0.6) is 0 Å². The van der Waals surface area contributed by atoms with Gasteiger partial charge in [0, 0.05) is 19.0 Å². The minimum Gasteiger partial charge on any atom is -0.360 e. The highest BCUT2D eigenvalue weighted by atomic mass is 15.2. The van der Waals surface area contributed by atoms with Crippen molar-refractivity contribution in [2.24, 2.45) is 11.8 Å². The third kappa shape index (κ3) is 1.94. The van der Waals surface area contributed by atoms with Crippen molar-refractivity contribution >= 4 is 5.84 Å². The molecule has 2 nitrogen and oxygen atoms in total. The molecule has 14 heavy (non-hydrogen) atoms. The van der Waals surface area contributed by atoms with Crippen molar-refractivity contribution in [1.29, 1.82) is 5.41 Å². The first-order valence-corrected chi connectivity index (χ1v) is 6.12. The summed E-state index contributed by atoms with van der Waals surface area (Å²) in [5.74, 6) is 2.27. The zero-order valence-electron chi connectivity index (χ0n) is 9.26. The average molecular weight is 194 g/mol. The van der Waals surface area contributed by atoms with Gasteiger partial charge in [0.2, 0.25) is 0 Å². The zero-order valence-corrected chi connectivity index (χ0v) is 9.26. The maximum Gasteiger partial charge on any atom is 0.0992 e. The van der Waals surface area contributed by atoms with Crippen molar-refractivity contribution in [1.82, 2.24) is 4.90 Å². The summed E-state index contributed by atoms with van der Waals surface area (Å²) in [5, 5.41) is 8.24. The molecule has 2 rings (SSSR count). The Morgan fingerprint density at radius 3 is 2.36 bits per heavy atom. The van der Waals surface area contributed by atoms with E-state index < -0.39 is 0 Å². The molecule has 1 saturated heterocycles. The van der Waals surface area contributed by atoms with Gasteiger partial charge in [0.25, 0.3) is 0 Å². The molecule has 1 aliphatic carbocycles. The summed E-state index contributed by atoms with van der Waals surface area (Å²) < 4.78 is 0. The number of hydrogen-bond acceptors (Lipinski definition) is 1. The first-order chi connectivity index (χ1) is 6.79. The van der Waals surface area contributed by atoms with Gasteiger partial charge in [-0.2, -0.15) is 0 Å². The fourth-order valence-corrected chi connectivity index (χ4v) is 2.92. The summed E-state index contributed by atoms with van der Waals surface area (Å²) in [5.41, 5.74) is 0. The van der Waals surface area contributed by atoms with E-state index in [0.717, 1.165) is 24.8 Å². The van der Waals surface area contributed by atoms with Gasteiger partial charge in [-0.15, -0.1) is 0 Å². The van der Waals surface area contributed by atoms with Crippen LogP contribution in [0.4, 0.5) is 0 Å². The lowest BCUT2D eigenvalue weighted by Gasteiger charge is -2.33. The van der Waals surface area contributed by atoms with Gasteiger partial charge in [-0.05, 0) is 25.2 Å². The van der Waals surface area contributed by atoms with Crippen LogP contribution in [-0.4, -0.2) is 23.8 Å². The Morgan fingerprint density at radius 1 is 1.07 bits per heavy atom. The molecule has 1 aliphatic heterocycles. The average Bonchev–Trinajstić information content (AvgIpc) is 2.70. The summed E-state index contributed by atoms with van der Waals surface area (Å²) in [4.78, 5) is 2.31. The van der Waals surface area contributed by atoms with E-state index in [2.05, 4.69) is 11.8 Å². The number of hydrogen-bond donors (Lipinski definition) is 1. The molecule has 0 aromatic heterocycles. The molecule has 0 spiro atoms. The fraction of sp³-hybridized carbons (Fsp3) is 0.917. The van der Waals surface area contributed by atoms with Crippen molar-refractivity contribution in [3.05, 3.63) is 0 Å². The first-order valence-electron chi connectivity index (χ1n) is 6.12. The molecule has 2 heteroatoms. The Balaban J connectivity index is 1.94. The van der Waals surface area contributed by atoms with E-state index in [1.807, 2.05) is 0 Å². The number of rotatable bonds is 1. The lowest BCUT2D eigenvalue weighted by molar-refractivity contribution is 0.298. The van der Waals surface area contributed by atoms with Gasteiger partial charge in [-0.25, -0.2) is 0 Å². The summed E-state index contributed by atoms with van der Waals surface area (Å²) >= 11 is 0. The van der Waals surface area contributed by atoms with Gasteiger partial charge in [-0.1, -0.05) is 26.2 Å². The van der Waals surface area contributed by atoms with Gasteiger partial charge < -0.3 is 4.90 Å². The molecule has 0 aromatic carbocycles. The van der Waals surface area contributed by atoms with Gasteiger partial charge in [0.1, 0.15) is 0 Å². The minimum atomic E-state index is 0.571. The third-order valence-electron chi connectivity index (χ3n) is 3.91. The quantitative estimate of drug-likeness (QED) is 0.504. The van der Waals surface area contributed by atoms with Gasteiger partial charge >= 0.3 is 0 Å². The monoisotopic (exact) mass is 194 g/mol. The molecule has 1 N–H and O–H groups in total.